The maximum atomic E-state index is 11.6. The fourth-order valence-electron chi connectivity index (χ4n) is 3.91. The van der Waals surface area contributed by atoms with Gasteiger partial charge in [0.15, 0.2) is 0 Å². The molecular weight excluding hydrogens is 472 g/mol. The quantitative estimate of drug-likeness (QED) is 0.443. The molecule has 0 spiro atoms. The van der Waals surface area contributed by atoms with E-state index >= 15 is 0 Å². The molecule has 3 aromatic rings. The lowest BCUT2D eigenvalue weighted by Crippen LogP contribution is -2.48. The molecule has 1 fully saturated rings. The first-order valence-corrected chi connectivity index (χ1v) is 11.9. The SMILES string of the molecule is C=CC(=O)Nc1cccc(Oc2nc(Nc3ccc(N4CCN(C(C)=O)CC4)cc3OC)ncc2C)c1. The number of methoxy groups -OCH3 is 1. The number of carbonyl (C=O) groups is 2. The van der Waals surface area contributed by atoms with Crippen molar-refractivity contribution in [1.29, 1.82) is 0 Å². The third-order valence-corrected chi connectivity index (χ3v) is 5.95. The van der Waals surface area contributed by atoms with Crippen molar-refractivity contribution in [2.45, 2.75) is 13.8 Å². The maximum absolute atomic E-state index is 11.6. The van der Waals surface area contributed by atoms with Gasteiger partial charge in [0.2, 0.25) is 23.6 Å². The molecule has 0 bridgehead atoms. The molecule has 192 valence electrons. The Kier molecular flexibility index (Phi) is 7.87. The van der Waals surface area contributed by atoms with Crippen LogP contribution in [0.25, 0.3) is 0 Å². The van der Waals surface area contributed by atoms with E-state index < -0.39 is 0 Å². The van der Waals surface area contributed by atoms with Crippen molar-refractivity contribution in [1.82, 2.24) is 14.9 Å². The van der Waals surface area contributed by atoms with Crippen molar-refractivity contribution >= 4 is 34.8 Å². The molecule has 10 heteroatoms. The standard InChI is InChI=1S/C27H30N6O4/c1-5-25(35)29-20-7-6-8-22(15-20)37-26-18(2)17-28-27(31-26)30-23-10-9-21(16-24(23)36-4)33-13-11-32(12-14-33)19(3)34/h5-10,15-17H,1,11-14H2,2-4H3,(H,29,35)(H,28,30,31). The van der Waals surface area contributed by atoms with Crippen LogP contribution >= 0.6 is 0 Å². The predicted molar refractivity (Wildman–Crippen MR) is 143 cm³/mol. The lowest BCUT2D eigenvalue weighted by Gasteiger charge is -2.35. The number of hydrogen-bond acceptors (Lipinski definition) is 8. The number of hydrogen-bond donors (Lipinski definition) is 2. The van der Waals surface area contributed by atoms with Crippen LogP contribution in [0, 0.1) is 6.92 Å². The molecule has 0 unspecified atom stereocenters. The molecule has 0 atom stereocenters. The average molecular weight is 503 g/mol. The molecule has 0 radical (unpaired) electrons. The highest BCUT2D eigenvalue weighted by Crippen LogP contribution is 2.33. The summed E-state index contributed by atoms with van der Waals surface area (Å²) in [5, 5.41) is 5.91. The van der Waals surface area contributed by atoms with Crippen molar-refractivity contribution in [2.75, 3.05) is 48.8 Å². The number of amides is 2. The maximum Gasteiger partial charge on any atom is 0.247 e. The summed E-state index contributed by atoms with van der Waals surface area (Å²) in [5.74, 6) is 1.68. The summed E-state index contributed by atoms with van der Waals surface area (Å²) in [7, 11) is 1.61. The molecule has 1 aliphatic rings. The fraction of sp³-hybridized carbons (Fsp3) is 0.259. The Morgan fingerprint density at radius 1 is 1.11 bits per heavy atom. The van der Waals surface area contributed by atoms with Gasteiger partial charge in [0, 0.05) is 68.4 Å². The molecule has 2 heterocycles. The van der Waals surface area contributed by atoms with Gasteiger partial charge in [-0.15, -0.1) is 0 Å². The number of piperazine rings is 1. The Labute approximate surface area is 215 Å². The molecule has 2 N–H and O–H groups in total. The lowest BCUT2D eigenvalue weighted by atomic mass is 10.2. The van der Waals surface area contributed by atoms with Crippen LogP contribution in [-0.2, 0) is 9.59 Å². The molecule has 1 aromatic heterocycles. The van der Waals surface area contributed by atoms with E-state index in [1.165, 1.54) is 6.08 Å². The highest BCUT2D eigenvalue weighted by atomic mass is 16.5. The second kappa shape index (κ2) is 11.4. The van der Waals surface area contributed by atoms with Gasteiger partial charge in [-0.25, -0.2) is 4.98 Å². The summed E-state index contributed by atoms with van der Waals surface area (Å²) in [4.78, 5) is 36.2. The number of nitrogens with zero attached hydrogens (tertiary/aromatic N) is 4. The third-order valence-electron chi connectivity index (χ3n) is 5.95. The number of ether oxygens (including phenoxy) is 2. The Morgan fingerprint density at radius 3 is 2.59 bits per heavy atom. The largest absolute Gasteiger partial charge is 0.494 e. The zero-order chi connectivity index (χ0) is 26.4. The zero-order valence-corrected chi connectivity index (χ0v) is 21.2. The van der Waals surface area contributed by atoms with Crippen LogP contribution in [0.3, 0.4) is 0 Å². The van der Waals surface area contributed by atoms with Crippen LogP contribution in [0.2, 0.25) is 0 Å². The van der Waals surface area contributed by atoms with Gasteiger partial charge in [0.25, 0.3) is 0 Å². The fourth-order valence-corrected chi connectivity index (χ4v) is 3.91. The van der Waals surface area contributed by atoms with E-state index in [2.05, 4.69) is 32.1 Å². The topological polar surface area (TPSA) is 109 Å². The van der Waals surface area contributed by atoms with Crippen LogP contribution in [0.1, 0.15) is 12.5 Å². The van der Waals surface area contributed by atoms with Gasteiger partial charge in [-0.05, 0) is 37.3 Å². The normalized spacial score (nSPS) is 13.1. The first-order chi connectivity index (χ1) is 17.9. The average Bonchev–Trinajstić information content (AvgIpc) is 2.91. The third kappa shape index (κ3) is 6.35. The minimum Gasteiger partial charge on any atom is -0.494 e. The number of rotatable bonds is 8. The molecule has 2 amide bonds. The first-order valence-electron chi connectivity index (χ1n) is 11.9. The second-order valence-electron chi connectivity index (χ2n) is 8.51. The van der Waals surface area contributed by atoms with E-state index in [0.29, 0.717) is 47.8 Å². The van der Waals surface area contributed by atoms with Gasteiger partial charge in [-0.3, -0.25) is 9.59 Å². The van der Waals surface area contributed by atoms with E-state index in [0.717, 1.165) is 24.3 Å². The lowest BCUT2D eigenvalue weighted by molar-refractivity contribution is -0.129. The van der Waals surface area contributed by atoms with Crippen LogP contribution in [0.4, 0.5) is 23.0 Å². The highest BCUT2D eigenvalue weighted by Gasteiger charge is 2.20. The summed E-state index contributed by atoms with van der Waals surface area (Å²) < 4.78 is 11.6. The first kappa shape index (κ1) is 25.5. The number of anilines is 4. The zero-order valence-electron chi connectivity index (χ0n) is 21.2. The Bertz CT molecular complexity index is 1300. The van der Waals surface area contributed by atoms with Gasteiger partial charge in [0.05, 0.1) is 12.8 Å². The van der Waals surface area contributed by atoms with E-state index in [4.69, 9.17) is 9.47 Å². The minimum atomic E-state index is -0.305. The van der Waals surface area contributed by atoms with Crippen LogP contribution < -0.4 is 25.0 Å². The minimum absolute atomic E-state index is 0.102. The molecule has 0 saturated carbocycles. The highest BCUT2D eigenvalue weighted by molar-refractivity contribution is 5.98. The van der Waals surface area contributed by atoms with Crippen LogP contribution in [-0.4, -0.2) is 60.0 Å². The van der Waals surface area contributed by atoms with Gasteiger partial charge in [0.1, 0.15) is 11.5 Å². The van der Waals surface area contributed by atoms with Gasteiger partial charge >= 0.3 is 0 Å². The summed E-state index contributed by atoms with van der Waals surface area (Å²) in [6.45, 7) is 9.82. The van der Waals surface area contributed by atoms with E-state index in [1.54, 1.807) is 44.5 Å². The van der Waals surface area contributed by atoms with Crippen molar-refractivity contribution < 1.29 is 19.1 Å². The van der Waals surface area contributed by atoms with Crippen LogP contribution in [0.5, 0.6) is 17.4 Å². The molecule has 1 aliphatic heterocycles. The van der Waals surface area contributed by atoms with Gasteiger partial charge in [-0.2, -0.15) is 4.98 Å². The summed E-state index contributed by atoms with van der Waals surface area (Å²) >= 11 is 0. The Morgan fingerprint density at radius 2 is 1.89 bits per heavy atom. The van der Waals surface area contributed by atoms with Crippen molar-refractivity contribution in [3.8, 4) is 17.4 Å². The number of benzene rings is 2. The van der Waals surface area contributed by atoms with Crippen molar-refractivity contribution in [2.24, 2.45) is 0 Å². The summed E-state index contributed by atoms with van der Waals surface area (Å²) in [6.07, 6.45) is 2.87. The number of carbonyl (C=O) groups excluding carboxylic acids is 2. The Balaban J connectivity index is 1.48. The molecule has 37 heavy (non-hydrogen) atoms. The van der Waals surface area contributed by atoms with E-state index in [-0.39, 0.29) is 11.8 Å². The number of aromatic nitrogens is 2. The summed E-state index contributed by atoms with van der Waals surface area (Å²) in [6, 6.07) is 12.9. The second-order valence-corrected chi connectivity index (χ2v) is 8.51. The van der Waals surface area contributed by atoms with E-state index in [1.807, 2.05) is 30.0 Å². The molecule has 10 nitrogen and oxygen atoms in total. The van der Waals surface area contributed by atoms with Crippen molar-refractivity contribution in [3.05, 3.63) is 66.9 Å². The van der Waals surface area contributed by atoms with Gasteiger partial charge in [-0.1, -0.05) is 12.6 Å². The van der Waals surface area contributed by atoms with Crippen LogP contribution in [0.15, 0.2) is 61.3 Å². The van der Waals surface area contributed by atoms with Gasteiger partial charge < -0.3 is 29.9 Å². The molecular formula is C27H30N6O4. The molecule has 4 rings (SSSR count). The molecule has 2 aromatic carbocycles. The molecule has 1 saturated heterocycles. The van der Waals surface area contributed by atoms with E-state index in [9.17, 15) is 9.59 Å². The number of aryl methyl sites for hydroxylation is 1. The molecule has 0 aliphatic carbocycles. The number of nitrogens with one attached hydrogen (secondary N) is 2. The monoisotopic (exact) mass is 502 g/mol. The summed E-state index contributed by atoms with van der Waals surface area (Å²) in [5.41, 5.74) is 3.05. The van der Waals surface area contributed by atoms with Crippen molar-refractivity contribution in [3.63, 3.8) is 0 Å². The smallest absolute Gasteiger partial charge is 0.247 e. The Hall–Kier alpha value is -4.60. The predicted octanol–water partition coefficient (Wildman–Crippen LogP) is 4.12.